The Labute approximate surface area is 111 Å². The van der Waals surface area contributed by atoms with E-state index in [-0.39, 0.29) is 0 Å². The summed E-state index contributed by atoms with van der Waals surface area (Å²) in [5.74, 6) is 2.63. The molecular weight excluding hydrogens is 252 g/mol. The summed E-state index contributed by atoms with van der Waals surface area (Å²) in [4.78, 5) is 4.58. The zero-order valence-corrected chi connectivity index (χ0v) is 11.8. The van der Waals surface area contributed by atoms with Gasteiger partial charge in [0.15, 0.2) is 0 Å². The van der Waals surface area contributed by atoms with Crippen LogP contribution in [0.3, 0.4) is 0 Å². The molecule has 0 bridgehead atoms. The highest BCUT2D eigenvalue weighted by molar-refractivity contribution is 7.98. The molecule has 92 valence electrons. The summed E-state index contributed by atoms with van der Waals surface area (Å²) in [5.41, 5.74) is 3.53. The zero-order chi connectivity index (χ0) is 12.3. The van der Waals surface area contributed by atoms with E-state index in [9.17, 15) is 0 Å². The van der Waals surface area contributed by atoms with Crippen molar-refractivity contribution in [3.63, 3.8) is 0 Å². The molecular formula is C13H17ClN2S. The number of aromatic nitrogens is 2. The first-order valence-electron chi connectivity index (χ1n) is 5.77. The number of alkyl halides is 1. The number of benzene rings is 1. The Morgan fingerprint density at radius 2 is 2.24 bits per heavy atom. The van der Waals surface area contributed by atoms with E-state index in [2.05, 4.69) is 40.9 Å². The van der Waals surface area contributed by atoms with Gasteiger partial charge in [-0.25, -0.2) is 4.98 Å². The first-order valence-corrected chi connectivity index (χ1v) is 7.69. The molecule has 0 spiro atoms. The lowest BCUT2D eigenvalue weighted by Crippen LogP contribution is -2.03. The van der Waals surface area contributed by atoms with Crippen molar-refractivity contribution in [1.82, 2.24) is 9.55 Å². The van der Waals surface area contributed by atoms with Crippen molar-refractivity contribution < 1.29 is 0 Å². The van der Waals surface area contributed by atoms with Crippen molar-refractivity contribution in [2.24, 2.45) is 0 Å². The number of nitrogens with zero attached hydrogens (tertiary/aromatic N) is 2. The Morgan fingerprint density at radius 3 is 2.94 bits per heavy atom. The first-order chi connectivity index (χ1) is 8.26. The van der Waals surface area contributed by atoms with E-state index in [0.29, 0.717) is 5.88 Å². The van der Waals surface area contributed by atoms with Crippen LogP contribution >= 0.6 is 23.4 Å². The topological polar surface area (TPSA) is 17.8 Å². The van der Waals surface area contributed by atoms with Gasteiger partial charge in [-0.05, 0) is 43.0 Å². The second-order valence-corrected chi connectivity index (χ2v) is 5.40. The largest absolute Gasteiger partial charge is 0.327 e. The molecule has 0 saturated heterocycles. The fourth-order valence-electron chi connectivity index (χ4n) is 2.00. The lowest BCUT2D eigenvalue weighted by atomic mass is 10.2. The van der Waals surface area contributed by atoms with Gasteiger partial charge in [0.05, 0.1) is 16.9 Å². The molecule has 1 heterocycles. The van der Waals surface area contributed by atoms with Gasteiger partial charge in [-0.1, -0.05) is 6.07 Å². The summed E-state index contributed by atoms with van der Waals surface area (Å²) in [6.45, 7) is 3.11. The van der Waals surface area contributed by atoms with Crippen LogP contribution in [0.2, 0.25) is 0 Å². The summed E-state index contributed by atoms with van der Waals surface area (Å²) >= 11 is 7.85. The molecule has 0 atom stereocenters. The Morgan fingerprint density at radius 1 is 1.41 bits per heavy atom. The van der Waals surface area contributed by atoms with Gasteiger partial charge >= 0.3 is 0 Å². The lowest BCUT2D eigenvalue weighted by Gasteiger charge is -2.07. The number of rotatable bonds is 5. The van der Waals surface area contributed by atoms with Gasteiger partial charge in [0.1, 0.15) is 5.82 Å². The van der Waals surface area contributed by atoms with Gasteiger partial charge in [-0.3, -0.25) is 0 Å². The quantitative estimate of drug-likeness (QED) is 0.606. The highest BCUT2D eigenvalue weighted by Gasteiger charge is 2.09. The van der Waals surface area contributed by atoms with Crippen LogP contribution in [-0.2, 0) is 12.4 Å². The second kappa shape index (κ2) is 5.78. The minimum Gasteiger partial charge on any atom is -0.327 e. The molecule has 2 nitrogen and oxygen atoms in total. The molecule has 0 saturated carbocycles. The molecule has 17 heavy (non-hydrogen) atoms. The Balaban J connectivity index is 2.38. The molecule has 1 aromatic heterocycles. The van der Waals surface area contributed by atoms with Gasteiger partial charge in [0.2, 0.25) is 0 Å². The third-order valence-electron chi connectivity index (χ3n) is 2.83. The van der Waals surface area contributed by atoms with Crippen LogP contribution < -0.4 is 0 Å². The van der Waals surface area contributed by atoms with Crippen LogP contribution in [0.4, 0.5) is 0 Å². The minimum atomic E-state index is 0.479. The van der Waals surface area contributed by atoms with Gasteiger partial charge < -0.3 is 4.57 Å². The predicted octanol–water partition coefficient (Wildman–Crippen LogP) is 3.84. The molecule has 1 aromatic carbocycles. The third kappa shape index (κ3) is 2.78. The van der Waals surface area contributed by atoms with Crippen molar-refractivity contribution in [3.05, 3.63) is 29.6 Å². The highest BCUT2D eigenvalue weighted by atomic mass is 35.5. The SMILES string of the molecule is CSCCCn1c(CCl)nc2ccc(C)cc21. The van der Waals surface area contributed by atoms with Crippen molar-refractivity contribution in [3.8, 4) is 0 Å². The molecule has 4 heteroatoms. The van der Waals surface area contributed by atoms with Crippen LogP contribution in [0, 0.1) is 6.92 Å². The third-order valence-corrected chi connectivity index (χ3v) is 3.77. The Kier molecular flexibility index (Phi) is 4.35. The summed E-state index contributed by atoms with van der Waals surface area (Å²) in [7, 11) is 0. The number of hydrogen-bond acceptors (Lipinski definition) is 2. The van der Waals surface area contributed by atoms with Gasteiger partial charge in [0.25, 0.3) is 0 Å². The summed E-state index contributed by atoms with van der Waals surface area (Å²) < 4.78 is 2.26. The maximum Gasteiger partial charge on any atom is 0.124 e. The van der Waals surface area contributed by atoms with Crippen LogP contribution in [0.5, 0.6) is 0 Å². The molecule has 0 amide bonds. The van der Waals surface area contributed by atoms with E-state index >= 15 is 0 Å². The fraction of sp³-hybridized carbons (Fsp3) is 0.462. The standard InChI is InChI=1S/C13H17ClN2S/c1-10-4-5-11-12(8-10)16(6-3-7-17-2)13(9-14)15-11/h4-5,8H,3,6-7,9H2,1-2H3. The summed E-state index contributed by atoms with van der Waals surface area (Å²) in [6, 6.07) is 6.36. The van der Waals surface area contributed by atoms with Gasteiger partial charge in [-0.15, -0.1) is 11.6 Å². The van der Waals surface area contributed by atoms with Crippen molar-refractivity contribution >= 4 is 34.4 Å². The molecule has 0 aliphatic rings. The molecule has 0 unspecified atom stereocenters. The van der Waals surface area contributed by atoms with Gasteiger partial charge in [0, 0.05) is 6.54 Å². The molecule has 2 rings (SSSR count). The van der Waals surface area contributed by atoms with E-state index in [1.807, 2.05) is 11.8 Å². The molecule has 0 aliphatic heterocycles. The molecule has 0 N–H and O–H groups in total. The molecule has 0 fully saturated rings. The van der Waals surface area contributed by atoms with E-state index < -0.39 is 0 Å². The Hall–Kier alpha value is -0.670. The average Bonchev–Trinajstić information content (AvgIpc) is 2.67. The zero-order valence-electron chi connectivity index (χ0n) is 10.2. The number of aryl methyl sites for hydroxylation is 2. The first kappa shape index (κ1) is 12.8. The van der Waals surface area contributed by atoms with Gasteiger partial charge in [-0.2, -0.15) is 11.8 Å². The van der Waals surface area contributed by atoms with Crippen molar-refractivity contribution in [2.75, 3.05) is 12.0 Å². The van der Waals surface area contributed by atoms with E-state index in [1.54, 1.807) is 0 Å². The van der Waals surface area contributed by atoms with Crippen LogP contribution in [-0.4, -0.2) is 21.6 Å². The number of halogens is 1. The maximum atomic E-state index is 5.97. The molecule has 0 aliphatic carbocycles. The summed E-state index contributed by atoms with van der Waals surface area (Å²) in [5, 5.41) is 0. The van der Waals surface area contributed by atoms with Crippen LogP contribution in [0.25, 0.3) is 11.0 Å². The predicted molar refractivity (Wildman–Crippen MR) is 77.0 cm³/mol. The lowest BCUT2D eigenvalue weighted by molar-refractivity contribution is 0.677. The maximum absolute atomic E-state index is 5.97. The number of thioether (sulfide) groups is 1. The number of fused-ring (bicyclic) bond motifs is 1. The smallest absolute Gasteiger partial charge is 0.124 e. The number of imidazole rings is 1. The van der Waals surface area contributed by atoms with E-state index in [0.717, 1.165) is 24.3 Å². The minimum absolute atomic E-state index is 0.479. The van der Waals surface area contributed by atoms with Crippen LogP contribution in [0.15, 0.2) is 18.2 Å². The monoisotopic (exact) mass is 268 g/mol. The summed E-state index contributed by atoms with van der Waals surface area (Å²) in [6.07, 6.45) is 3.29. The average molecular weight is 269 g/mol. The highest BCUT2D eigenvalue weighted by Crippen LogP contribution is 2.19. The van der Waals surface area contributed by atoms with Crippen molar-refractivity contribution in [1.29, 1.82) is 0 Å². The second-order valence-electron chi connectivity index (χ2n) is 4.15. The van der Waals surface area contributed by atoms with Crippen molar-refractivity contribution in [2.45, 2.75) is 25.8 Å². The van der Waals surface area contributed by atoms with Crippen LogP contribution in [0.1, 0.15) is 17.8 Å². The van der Waals surface area contributed by atoms with E-state index in [1.165, 1.54) is 16.8 Å². The normalized spacial score (nSPS) is 11.2. The molecule has 0 radical (unpaired) electrons. The molecule has 2 aromatic rings. The van der Waals surface area contributed by atoms with E-state index in [4.69, 9.17) is 11.6 Å². The number of hydrogen-bond donors (Lipinski definition) is 0. The Bertz CT molecular complexity index is 507. The fourth-order valence-corrected chi connectivity index (χ4v) is 2.62.